The molecule has 2 aliphatic carbocycles. The van der Waals surface area contributed by atoms with Gasteiger partial charge in [-0.2, -0.15) is 0 Å². The molecular formula is C52H46N2O3Y2-2. The molecule has 290 valence electrons. The summed E-state index contributed by atoms with van der Waals surface area (Å²) in [4.78, 5) is 25.6. The molecule has 2 aliphatic rings. The molecule has 6 aromatic rings. The van der Waals surface area contributed by atoms with Crippen LogP contribution in [0.5, 0.6) is 0 Å². The first-order valence-electron chi connectivity index (χ1n) is 17.8. The van der Waals surface area contributed by atoms with Gasteiger partial charge < -0.3 is 30.6 Å². The van der Waals surface area contributed by atoms with Crippen molar-refractivity contribution < 1.29 is 70.5 Å². The molecule has 3 N–H and O–H groups in total. The van der Waals surface area contributed by atoms with Gasteiger partial charge in [0.2, 0.25) is 10.9 Å². The zero-order valence-electron chi connectivity index (χ0n) is 33.4. The fraction of sp³-hybridized carbons (Fsp3) is 0. The number of benzene rings is 4. The van der Waals surface area contributed by atoms with Crippen LogP contribution in [-0.2, 0) is 65.4 Å². The van der Waals surface area contributed by atoms with E-state index in [2.05, 4.69) is 60.2 Å². The Kier molecular flexibility index (Phi) is 21.3. The van der Waals surface area contributed by atoms with Crippen molar-refractivity contribution >= 4 is 44.3 Å². The van der Waals surface area contributed by atoms with Gasteiger partial charge >= 0.3 is 0 Å². The predicted molar refractivity (Wildman–Crippen MR) is 246 cm³/mol. The van der Waals surface area contributed by atoms with Gasteiger partial charge in [0.1, 0.15) is 5.76 Å². The normalized spacial score (nSPS) is 11.9. The maximum atomic E-state index is 12.8. The van der Waals surface area contributed by atoms with Crippen LogP contribution in [0.25, 0.3) is 32.7 Å². The summed E-state index contributed by atoms with van der Waals surface area (Å²) in [5, 5.41) is 20.1. The number of hydrogen-bond acceptors (Lipinski definition) is 5. The van der Waals surface area contributed by atoms with E-state index < -0.39 is 0 Å². The van der Waals surface area contributed by atoms with Gasteiger partial charge in [0.05, 0.1) is 11.4 Å². The molecule has 6 aromatic carbocycles. The minimum Gasteiger partial charge on any atom is -0.507 e. The van der Waals surface area contributed by atoms with Gasteiger partial charge in [0.25, 0.3) is 0 Å². The van der Waals surface area contributed by atoms with Gasteiger partial charge in [-0.1, -0.05) is 171 Å². The van der Waals surface area contributed by atoms with Crippen molar-refractivity contribution in [3.63, 3.8) is 0 Å². The first-order chi connectivity index (χ1) is 26.9. The quantitative estimate of drug-likeness (QED) is 0.150. The first kappa shape index (κ1) is 49.9. The zero-order chi connectivity index (χ0) is 38.4. The Labute approximate surface area is 398 Å². The van der Waals surface area contributed by atoms with Crippen molar-refractivity contribution in [2.24, 2.45) is 0 Å². The van der Waals surface area contributed by atoms with Gasteiger partial charge in [-0.15, -0.1) is 0 Å². The summed E-state index contributed by atoms with van der Waals surface area (Å²) in [6, 6.07) is 42.1. The zero-order valence-corrected chi connectivity index (χ0v) is 39.1. The number of rotatable bonds is 5. The molecule has 0 aromatic heterocycles. The number of fused-ring (bicyclic) bond motifs is 2. The summed E-state index contributed by atoms with van der Waals surface area (Å²) in [6.07, 6.45) is 20.7. The molecule has 0 bridgehead atoms. The molecule has 0 saturated heterocycles. The summed E-state index contributed by atoms with van der Waals surface area (Å²) < 4.78 is 0. The van der Waals surface area contributed by atoms with Crippen LogP contribution in [0.2, 0.25) is 0 Å². The average molecular weight is 925 g/mol. The third-order valence-corrected chi connectivity index (χ3v) is 8.70. The maximum Gasteiger partial charge on any atom is 0.201 e. The molecule has 59 heavy (non-hydrogen) atoms. The van der Waals surface area contributed by atoms with E-state index in [4.69, 9.17) is 5.11 Å². The molecule has 2 radical (unpaired) electrons. The predicted octanol–water partition coefficient (Wildman–Crippen LogP) is 13.1. The van der Waals surface area contributed by atoms with Gasteiger partial charge in [-0.05, 0) is 69.6 Å². The van der Waals surface area contributed by atoms with Crippen LogP contribution in [0.3, 0.4) is 0 Å². The van der Waals surface area contributed by atoms with Crippen LogP contribution in [0.15, 0.2) is 240 Å². The second-order valence-electron chi connectivity index (χ2n) is 12.5. The molecular weight excluding hydrogens is 878 g/mol. The standard InChI is InChI=1S/C34H24N2O2.C8H8O.C8H8.2CH3.2Y/c37-31-17-5-1-3-15-27(31)35-29-21-19-23-11-7-9-13-25(23)33(29)34-26-14-10-8-12-24(26)20-22-30(34)36-28-16-4-2-6-18-32(28)38;1-7-5-3-2-4-6-8(7)9;1-8-6-4-2-3-5-7-8;;;;/h1-22H,(H,35,37)(H,36,38);2-6,9H,1H2;2-7H,1H2;2*1H3;;/q;;;2*-1;;. The molecule has 0 spiro atoms. The first-order valence-corrected chi connectivity index (χ1v) is 17.8. The second-order valence-corrected chi connectivity index (χ2v) is 12.5. The Morgan fingerprint density at radius 2 is 0.831 bits per heavy atom. The fourth-order valence-corrected chi connectivity index (χ4v) is 5.97. The third kappa shape index (κ3) is 13.6. The number of hydrogen-bond donors (Lipinski definition) is 3. The second kappa shape index (κ2) is 25.2. The van der Waals surface area contributed by atoms with Crippen LogP contribution in [0.4, 0.5) is 22.7 Å². The molecule has 5 nitrogen and oxygen atoms in total. The van der Waals surface area contributed by atoms with E-state index in [0.29, 0.717) is 16.9 Å². The van der Waals surface area contributed by atoms with E-state index in [1.54, 1.807) is 54.6 Å². The summed E-state index contributed by atoms with van der Waals surface area (Å²) in [5.74, 6) is 0.236. The Morgan fingerprint density at radius 3 is 1.32 bits per heavy atom. The van der Waals surface area contributed by atoms with Crippen LogP contribution in [-0.4, -0.2) is 5.11 Å². The van der Waals surface area contributed by atoms with E-state index in [1.807, 2.05) is 109 Å². The molecule has 0 amide bonds. The van der Waals surface area contributed by atoms with Gasteiger partial charge in [-0.25, -0.2) is 0 Å². The van der Waals surface area contributed by atoms with E-state index in [-0.39, 0.29) is 96.9 Å². The Morgan fingerprint density at radius 1 is 0.424 bits per heavy atom. The SMILES string of the molecule is C=C1C=CC=CC=C1.C=C1C=CC=CC=C1O.O=c1cccccc1Nc1ccc2ccccc2c1-c1c(Nc2cccccc2=O)ccc2ccccc12.[CH3-].[CH3-].[Y].[Y]. The Balaban J connectivity index is 0.000000477. The molecule has 0 fully saturated rings. The van der Waals surface area contributed by atoms with Gasteiger partial charge in [0, 0.05) is 93.5 Å². The summed E-state index contributed by atoms with van der Waals surface area (Å²) in [7, 11) is 0. The largest absolute Gasteiger partial charge is 0.507 e. The molecule has 0 aliphatic heterocycles. The summed E-state index contributed by atoms with van der Waals surface area (Å²) >= 11 is 0. The minimum atomic E-state index is -0.0989. The average Bonchev–Trinajstić information content (AvgIpc) is 3.73. The molecule has 0 heterocycles. The summed E-state index contributed by atoms with van der Waals surface area (Å²) in [5.41, 5.74) is 5.96. The van der Waals surface area contributed by atoms with Crippen molar-refractivity contribution in [3.05, 3.63) is 266 Å². The molecule has 0 atom stereocenters. The van der Waals surface area contributed by atoms with E-state index in [1.165, 1.54) is 0 Å². The molecule has 8 rings (SSSR count). The van der Waals surface area contributed by atoms with Crippen LogP contribution in [0, 0.1) is 14.9 Å². The minimum absolute atomic E-state index is 0. The number of aliphatic hydroxyl groups excluding tert-OH is 1. The topological polar surface area (TPSA) is 78.4 Å². The Hall–Kier alpha value is -5.29. The van der Waals surface area contributed by atoms with E-state index >= 15 is 0 Å². The number of allylic oxidation sites excluding steroid dienone is 12. The van der Waals surface area contributed by atoms with Crippen molar-refractivity contribution in [2.45, 2.75) is 0 Å². The van der Waals surface area contributed by atoms with E-state index in [9.17, 15) is 9.59 Å². The van der Waals surface area contributed by atoms with Crippen molar-refractivity contribution in [3.8, 4) is 11.1 Å². The number of aliphatic hydroxyl groups is 1. The Bertz CT molecular complexity index is 2550. The van der Waals surface area contributed by atoms with Crippen molar-refractivity contribution in [1.82, 2.24) is 0 Å². The van der Waals surface area contributed by atoms with Crippen LogP contribution >= 0.6 is 0 Å². The van der Waals surface area contributed by atoms with Crippen LogP contribution in [0.1, 0.15) is 0 Å². The van der Waals surface area contributed by atoms with E-state index in [0.717, 1.165) is 49.6 Å². The molecule has 7 heteroatoms. The maximum absolute atomic E-state index is 12.8. The number of anilines is 4. The number of nitrogens with one attached hydrogen (secondary N) is 2. The molecule has 0 unspecified atom stereocenters. The van der Waals surface area contributed by atoms with Gasteiger partial charge in [-0.3, -0.25) is 9.59 Å². The molecule has 0 saturated carbocycles. The van der Waals surface area contributed by atoms with Crippen molar-refractivity contribution in [1.29, 1.82) is 0 Å². The van der Waals surface area contributed by atoms with Crippen molar-refractivity contribution in [2.75, 3.05) is 10.6 Å². The fourth-order valence-electron chi connectivity index (χ4n) is 5.97. The van der Waals surface area contributed by atoms with Gasteiger partial charge in [0.15, 0.2) is 0 Å². The third-order valence-electron chi connectivity index (χ3n) is 8.70. The van der Waals surface area contributed by atoms with Crippen LogP contribution < -0.4 is 21.5 Å². The monoisotopic (exact) mass is 924 g/mol. The smallest absolute Gasteiger partial charge is 0.201 e. The summed E-state index contributed by atoms with van der Waals surface area (Å²) in [6.45, 7) is 7.37.